The highest BCUT2D eigenvalue weighted by atomic mass is 32.1. The summed E-state index contributed by atoms with van der Waals surface area (Å²) >= 11 is 1.65. The number of hydrogen-bond donors (Lipinski definition) is 1. The Balaban J connectivity index is 1.57. The largest absolute Gasteiger partial charge is 0.342 e. The van der Waals surface area contributed by atoms with Gasteiger partial charge in [0.15, 0.2) is 0 Å². The van der Waals surface area contributed by atoms with Crippen LogP contribution < -0.4 is 0 Å². The Morgan fingerprint density at radius 2 is 2.48 bits per heavy atom. The summed E-state index contributed by atoms with van der Waals surface area (Å²) in [6.07, 6.45) is 5.71. The van der Waals surface area contributed by atoms with Gasteiger partial charge < -0.3 is 4.90 Å². The topological polar surface area (TPSA) is 49.0 Å². The molecule has 0 aliphatic carbocycles. The third-order valence-electron chi connectivity index (χ3n) is 4.23. The first-order chi connectivity index (χ1) is 10.2. The molecule has 21 heavy (non-hydrogen) atoms. The van der Waals surface area contributed by atoms with E-state index in [4.69, 9.17) is 0 Å². The summed E-state index contributed by atoms with van der Waals surface area (Å²) in [7, 11) is 0. The van der Waals surface area contributed by atoms with Gasteiger partial charge >= 0.3 is 0 Å². The van der Waals surface area contributed by atoms with E-state index in [1.807, 2.05) is 22.5 Å². The van der Waals surface area contributed by atoms with Crippen molar-refractivity contribution in [3.05, 3.63) is 39.8 Å². The molecular formula is C16H21N3OS. The van der Waals surface area contributed by atoms with Crippen molar-refractivity contribution < 1.29 is 4.79 Å². The second-order valence-corrected chi connectivity index (χ2v) is 6.67. The summed E-state index contributed by atoms with van der Waals surface area (Å²) in [6, 6.07) is 2.04. The van der Waals surface area contributed by atoms with Crippen molar-refractivity contribution in [1.29, 1.82) is 0 Å². The molecule has 0 unspecified atom stereocenters. The molecule has 3 rings (SSSR count). The van der Waals surface area contributed by atoms with Crippen LogP contribution in [0.15, 0.2) is 23.0 Å². The van der Waals surface area contributed by atoms with Crippen LogP contribution in [0.5, 0.6) is 0 Å². The van der Waals surface area contributed by atoms with Crippen molar-refractivity contribution in [2.24, 2.45) is 5.92 Å². The quantitative estimate of drug-likeness (QED) is 0.944. The molecule has 1 N–H and O–H groups in total. The van der Waals surface area contributed by atoms with Gasteiger partial charge in [0, 0.05) is 18.8 Å². The van der Waals surface area contributed by atoms with Crippen LogP contribution in [0.4, 0.5) is 0 Å². The molecule has 0 radical (unpaired) electrons. The van der Waals surface area contributed by atoms with Crippen molar-refractivity contribution in [1.82, 2.24) is 15.1 Å². The molecule has 0 saturated carbocycles. The molecule has 1 amide bonds. The molecule has 1 saturated heterocycles. The third-order valence-corrected chi connectivity index (χ3v) is 4.97. The maximum Gasteiger partial charge on any atom is 0.227 e. The van der Waals surface area contributed by atoms with E-state index in [9.17, 15) is 4.79 Å². The van der Waals surface area contributed by atoms with Crippen LogP contribution >= 0.6 is 11.3 Å². The number of likely N-dealkylation sites (tertiary alicyclic amines) is 1. The van der Waals surface area contributed by atoms with Gasteiger partial charge in [-0.25, -0.2) is 0 Å². The van der Waals surface area contributed by atoms with Crippen LogP contribution in [0.25, 0.3) is 0 Å². The number of thiophene rings is 1. The second kappa shape index (κ2) is 6.43. The molecule has 0 bridgehead atoms. The van der Waals surface area contributed by atoms with E-state index < -0.39 is 0 Å². The maximum absolute atomic E-state index is 12.4. The highest BCUT2D eigenvalue weighted by molar-refractivity contribution is 7.07. The van der Waals surface area contributed by atoms with Gasteiger partial charge in [0.2, 0.25) is 5.91 Å². The highest BCUT2D eigenvalue weighted by Gasteiger charge is 2.24. The van der Waals surface area contributed by atoms with E-state index in [0.29, 0.717) is 12.3 Å². The normalized spacial score (nSPS) is 18.9. The van der Waals surface area contributed by atoms with Crippen molar-refractivity contribution in [3.8, 4) is 0 Å². The van der Waals surface area contributed by atoms with Crippen LogP contribution in [-0.4, -0.2) is 34.1 Å². The van der Waals surface area contributed by atoms with Crippen molar-refractivity contribution in [2.45, 2.75) is 32.6 Å². The molecule has 0 spiro atoms. The van der Waals surface area contributed by atoms with E-state index in [1.165, 1.54) is 17.7 Å². The molecule has 5 heteroatoms. The molecule has 3 heterocycles. The summed E-state index contributed by atoms with van der Waals surface area (Å²) in [5.74, 6) is 0.809. The Bertz CT molecular complexity index is 590. The average Bonchev–Trinajstić information content (AvgIpc) is 3.12. The Morgan fingerprint density at radius 3 is 3.19 bits per heavy atom. The fraction of sp³-hybridized carbons (Fsp3) is 0.500. The number of hydrogen-bond acceptors (Lipinski definition) is 3. The summed E-state index contributed by atoms with van der Waals surface area (Å²) in [5, 5.41) is 11.3. The number of aryl methyl sites for hydroxylation is 1. The zero-order chi connectivity index (χ0) is 14.7. The number of carbonyl (C=O) groups is 1. The standard InChI is InChI=1S/C16H21N3OS/c1-12-9-17-18-15(12)7-13-3-2-5-19(10-13)16(20)8-14-4-6-21-11-14/h4,6,9,11,13H,2-3,5,7-8,10H2,1H3,(H,17,18)/t13-/m1/s1. The molecule has 1 atom stereocenters. The van der Waals surface area contributed by atoms with Gasteiger partial charge in [-0.05, 0) is 60.1 Å². The van der Waals surface area contributed by atoms with Crippen molar-refractivity contribution in [3.63, 3.8) is 0 Å². The lowest BCUT2D eigenvalue weighted by Crippen LogP contribution is -2.41. The molecule has 2 aromatic heterocycles. The molecule has 4 nitrogen and oxygen atoms in total. The van der Waals surface area contributed by atoms with Crippen molar-refractivity contribution >= 4 is 17.2 Å². The molecular weight excluding hydrogens is 282 g/mol. The van der Waals surface area contributed by atoms with E-state index in [2.05, 4.69) is 22.5 Å². The first-order valence-corrected chi connectivity index (χ1v) is 8.44. The third kappa shape index (κ3) is 3.53. The fourth-order valence-electron chi connectivity index (χ4n) is 3.01. The SMILES string of the molecule is Cc1cn[nH]c1C[C@H]1CCCN(C(=O)Cc2ccsc2)C1. The summed E-state index contributed by atoms with van der Waals surface area (Å²) < 4.78 is 0. The molecule has 1 aliphatic rings. The Morgan fingerprint density at radius 1 is 1.57 bits per heavy atom. The number of nitrogens with one attached hydrogen (secondary N) is 1. The zero-order valence-electron chi connectivity index (χ0n) is 12.3. The van der Waals surface area contributed by atoms with Gasteiger partial charge in [-0.3, -0.25) is 9.89 Å². The fourth-order valence-corrected chi connectivity index (χ4v) is 3.67. The Labute approximate surface area is 129 Å². The van der Waals surface area contributed by atoms with Gasteiger partial charge in [0.25, 0.3) is 0 Å². The minimum Gasteiger partial charge on any atom is -0.342 e. The number of rotatable bonds is 4. The van der Waals surface area contributed by atoms with Gasteiger partial charge in [0.1, 0.15) is 0 Å². The number of nitrogens with zero attached hydrogens (tertiary/aromatic N) is 2. The lowest BCUT2D eigenvalue weighted by atomic mass is 9.92. The van der Waals surface area contributed by atoms with Crippen LogP contribution in [0.1, 0.15) is 29.7 Å². The Hall–Kier alpha value is -1.62. The molecule has 2 aromatic rings. The highest BCUT2D eigenvalue weighted by Crippen LogP contribution is 2.22. The van der Waals surface area contributed by atoms with Crippen LogP contribution in [0.3, 0.4) is 0 Å². The molecule has 1 fully saturated rings. The van der Waals surface area contributed by atoms with Gasteiger partial charge in [-0.2, -0.15) is 16.4 Å². The molecule has 0 aromatic carbocycles. The molecule has 112 valence electrons. The lowest BCUT2D eigenvalue weighted by molar-refractivity contribution is -0.132. The van der Waals surface area contributed by atoms with Crippen LogP contribution in [-0.2, 0) is 17.6 Å². The number of H-pyrrole nitrogens is 1. The van der Waals surface area contributed by atoms with Crippen LogP contribution in [0.2, 0.25) is 0 Å². The predicted octanol–water partition coefficient (Wildman–Crippen LogP) is 2.80. The van der Waals surface area contributed by atoms with Crippen molar-refractivity contribution in [2.75, 3.05) is 13.1 Å². The maximum atomic E-state index is 12.4. The number of aromatic nitrogens is 2. The van der Waals surface area contributed by atoms with E-state index in [-0.39, 0.29) is 5.91 Å². The number of carbonyl (C=O) groups excluding carboxylic acids is 1. The Kier molecular flexibility index (Phi) is 4.39. The van der Waals surface area contributed by atoms with E-state index >= 15 is 0 Å². The minimum absolute atomic E-state index is 0.263. The van der Waals surface area contributed by atoms with Crippen LogP contribution in [0, 0.1) is 12.8 Å². The summed E-state index contributed by atoms with van der Waals surface area (Å²) in [4.78, 5) is 14.4. The van der Waals surface area contributed by atoms with E-state index in [1.54, 1.807) is 11.3 Å². The van der Waals surface area contributed by atoms with Gasteiger partial charge in [-0.1, -0.05) is 0 Å². The van der Waals surface area contributed by atoms with Gasteiger partial charge in [0.05, 0.1) is 12.6 Å². The summed E-state index contributed by atoms with van der Waals surface area (Å²) in [6.45, 7) is 3.87. The van der Waals surface area contributed by atoms with Gasteiger partial charge in [-0.15, -0.1) is 0 Å². The zero-order valence-corrected chi connectivity index (χ0v) is 13.2. The second-order valence-electron chi connectivity index (χ2n) is 5.89. The first-order valence-electron chi connectivity index (χ1n) is 7.50. The average molecular weight is 303 g/mol. The number of aromatic amines is 1. The number of piperidine rings is 1. The summed E-state index contributed by atoms with van der Waals surface area (Å²) in [5.41, 5.74) is 3.57. The van der Waals surface area contributed by atoms with E-state index in [0.717, 1.165) is 31.5 Å². The minimum atomic E-state index is 0.263. The number of amides is 1. The molecule has 1 aliphatic heterocycles. The monoisotopic (exact) mass is 303 g/mol. The smallest absolute Gasteiger partial charge is 0.227 e. The predicted molar refractivity (Wildman–Crippen MR) is 84.4 cm³/mol. The lowest BCUT2D eigenvalue weighted by Gasteiger charge is -2.32. The first kappa shape index (κ1) is 14.3.